The van der Waals surface area contributed by atoms with E-state index in [9.17, 15) is 0 Å². The Morgan fingerprint density at radius 1 is 1.23 bits per heavy atom. The van der Waals surface area contributed by atoms with Gasteiger partial charge in [0.15, 0.2) is 5.82 Å². The molecule has 1 aromatic carbocycles. The quantitative estimate of drug-likeness (QED) is 0.666. The van der Waals surface area contributed by atoms with Crippen molar-refractivity contribution in [3.05, 3.63) is 48.2 Å². The first-order valence-corrected chi connectivity index (χ1v) is 6.76. The fraction of sp³-hybridized carbons (Fsp3) is 0.133. The molecule has 3 aromatic rings. The Morgan fingerprint density at radius 3 is 2.73 bits per heavy atom. The Kier molecular flexibility index (Phi) is 3.86. The number of methoxy groups -OCH3 is 1. The van der Waals surface area contributed by atoms with Crippen LogP contribution in [0.1, 0.15) is 5.56 Å². The molecule has 0 amide bonds. The zero-order chi connectivity index (χ0) is 15.4. The number of aromatic amines is 1. The lowest BCUT2D eigenvalue weighted by atomic mass is 10.2. The lowest BCUT2D eigenvalue weighted by Gasteiger charge is -2.07. The maximum absolute atomic E-state index is 5.52. The van der Waals surface area contributed by atoms with E-state index < -0.39 is 0 Å². The lowest BCUT2D eigenvalue weighted by molar-refractivity contribution is 0.414. The van der Waals surface area contributed by atoms with Crippen molar-refractivity contribution in [2.24, 2.45) is 0 Å². The van der Waals surface area contributed by atoms with Gasteiger partial charge in [-0.05, 0) is 29.8 Å². The maximum atomic E-state index is 5.52. The van der Waals surface area contributed by atoms with Crippen molar-refractivity contribution >= 4 is 11.8 Å². The summed E-state index contributed by atoms with van der Waals surface area (Å²) in [7, 11) is 1.65. The van der Waals surface area contributed by atoms with E-state index in [0.717, 1.165) is 22.7 Å². The summed E-state index contributed by atoms with van der Waals surface area (Å²) >= 11 is 0. The van der Waals surface area contributed by atoms with E-state index in [2.05, 4.69) is 25.5 Å². The minimum Gasteiger partial charge on any atom is -0.497 e. The van der Waals surface area contributed by atoms with Crippen LogP contribution in [0.5, 0.6) is 5.75 Å². The van der Waals surface area contributed by atoms with E-state index in [1.807, 2.05) is 36.4 Å². The van der Waals surface area contributed by atoms with E-state index >= 15 is 0 Å². The predicted molar refractivity (Wildman–Crippen MR) is 84.3 cm³/mol. The number of pyridine rings is 1. The summed E-state index contributed by atoms with van der Waals surface area (Å²) in [5.74, 6) is 2.43. The summed E-state index contributed by atoms with van der Waals surface area (Å²) in [5.41, 5.74) is 7.53. The highest BCUT2D eigenvalue weighted by Gasteiger charge is 2.05. The van der Waals surface area contributed by atoms with E-state index in [0.29, 0.717) is 12.4 Å². The van der Waals surface area contributed by atoms with Crippen LogP contribution in [0, 0.1) is 0 Å². The highest BCUT2D eigenvalue weighted by Crippen LogP contribution is 2.18. The Balaban J connectivity index is 1.70. The topological polar surface area (TPSA) is 102 Å². The van der Waals surface area contributed by atoms with Crippen LogP contribution < -0.4 is 15.8 Å². The van der Waals surface area contributed by atoms with E-state index in [-0.39, 0.29) is 5.95 Å². The second kappa shape index (κ2) is 6.13. The molecule has 0 fully saturated rings. The molecule has 7 nitrogen and oxygen atoms in total. The maximum Gasteiger partial charge on any atom is 0.239 e. The van der Waals surface area contributed by atoms with Crippen LogP contribution in [0.15, 0.2) is 42.6 Å². The largest absolute Gasteiger partial charge is 0.497 e. The van der Waals surface area contributed by atoms with Gasteiger partial charge in [-0.2, -0.15) is 4.98 Å². The number of anilines is 2. The smallest absolute Gasteiger partial charge is 0.239 e. The van der Waals surface area contributed by atoms with Crippen LogP contribution in [0.4, 0.5) is 11.8 Å². The number of ether oxygens (including phenoxy) is 1. The van der Waals surface area contributed by atoms with E-state index in [4.69, 9.17) is 10.5 Å². The Hall–Kier alpha value is -3.09. The molecule has 0 radical (unpaired) electrons. The monoisotopic (exact) mass is 296 g/mol. The number of rotatable bonds is 5. The molecule has 0 unspecified atom stereocenters. The van der Waals surface area contributed by atoms with Gasteiger partial charge in [-0.25, -0.2) is 4.98 Å². The van der Waals surface area contributed by atoms with Crippen LogP contribution in [-0.4, -0.2) is 27.3 Å². The molecule has 0 saturated carbocycles. The number of benzene rings is 1. The number of nitrogens with zero attached hydrogens (tertiary/aromatic N) is 3. The number of nitrogens with one attached hydrogen (secondary N) is 2. The minimum atomic E-state index is 0.222. The normalized spacial score (nSPS) is 10.4. The number of nitrogens with two attached hydrogens (primary N) is 1. The first kappa shape index (κ1) is 13.9. The molecule has 0 aliphatic carbocycles. The lowest BCUT2D eigenvalue weighted by Crippen LogP contribution is -2.01. The van der Waals surface area contributed by atoms with E-state index in [1.165, 1.54) is 0 Å². The molecule has 7 heteroatoms. The number of H-pyrrole nitrogens is 1. The molecule has 0 saturated heterocycles. The number of nitrogen functional groups attached to an aromatic ring is 1. The second-order valence-electron chi connectivity index (χ2n) is 4.67. The van der Waals surface area contributed by atoms with Gasteiger partial charge in [-0.1, -0.05) is 12.1 Å². The minimum absolute atomic E-state index is 0.222. The van der Waals surface area contributed by atoms with Gasteiger partial charge < -0.3 is 15.8 Å². The van der Waals surface area contributed by atoms with Gasteiger partial charge in [0.25, 0.3) is 0 Å². The zero-order valence-electron chi connectivity index (χ0n) is 12.1. The molecule has 0 bridgehead atoms. The van der Waals surface area contributed by atoms with Gasteiger partial charge in [0.2, 0.25) is 5.95 Å². The van der Waals surface area contributed by atoms with Crippen LogP contribution in [0.3, 0.4) is 0 Å². The second-order valence-corrected chi connectivity index (χ2v) is 4.67. The van der Waals surface area contributed by atoms with Gasteiger partial charge in [0.1, 0.15) is 11.6 Å². The molecule has 3 rings (SSSR count). The molecule has 112 valence electrons. The molecule has 0 atom stereocenters. The molecule has 2 aromatic heterocycles. The van der Waals surface area contributed by atoms with Crippen molar-refractivity contribution in [1.29, 1.82) is 0 Å². The van der Waals surface area contributed by atoms with Crippen molar-refractivity contribution in [3.63, 3.8) is 0 Å². The van der Waals surface area contributed by atoms with Crippen molar-refractivity contribution in [2.75, 3.05) is 18.2 Å². The van der Waals surface area contributed by atoms with Crippen LogP contribution in [-0.2, 0) is 6.54 Å². The van der Waals surface area contributed by atoms with Crippen molar-refractivity contribution in [2.45, 2.75) is 6.54 Å². The average Bonchev–Trinajstić information content (AvgIpc) is 3.00. The molecular weight excluding hydrogens is 280 g/mol. The molecule has 2 heterocycles. The summed E-state index contributed by atoms with van der Waals surface area (Å²) < 4.78 is 5.14. The third-order valence-corrected chi connectivity index (χ3v) is 3.17. The van der Waals surface area contributed by atoms with Gasteiger partial charge in [0, 0.05) is 18.3 Å². The molecule has 0 aliphatic rings. The fourth-order valence-corrected chi connectivity index (χ4v) is 2.01. The molecule has 22 heavy (non-hydrogen) atoms. The SMILES string of the molecule is COc1ccc(CNc2cc(-c3nc(N)n[nH]3)ccn2)cc1. The Bertz CT molecular complexity index is 753. The third-order valence-electron chi connectivity index (χ3n) is 3.17. The fourth-order valence-electron chi connectivity index (χ4n) is 2.01. The summed E-state index contributed by atoms with van der Waals surface area (Å²) in [6, 6.07) is 11.6. The first-order chi connectivity index (χ1) is 10.7. The summed E-state index contributed by atoms with van der Waals surface area (Å²) in [6.45, 7) is 0.666. The zero-order valence-corrected chi connectivity index (χ0v) is 12.1. The van der Waals surface area contributed by atoms with Crippen molar-refractivity contribution in [1.82, 2.24) is 20.2 Å². The summed E-state index contributed by atoms with van der Waals surface area (Å²) in [5, 5.41) is 9.87. The van der Waals surface area contributed by atoms with Crippen LogP contribution in [0.2, 0.25) is 0 Å². The number of hydrogen-bond donors (Lipinski definition) is 3. The van der Waals surface area contributed by atoms with Crippen LogP contribution >= 0.6 is 0 Å². The van der Waals surface area contributed by atoms with Gasteiger partial charge >= 0.3 is 0 Å². The highest BCUT2D eigenvalue weighted by molar-refractivity contribution is 5.60. The standard InChI is InChI=1S/C15H16N6O/c1-22-12-4-2-10(3-5-12)9-18-13-8-11(6-7-17-13)14-19-15(16)21-20-14/h2-8H,9H2,1H3,(H,17,18)(H3,16,19,20,21). The number of hydrogen-bond acceptors (Lipinski definition) is 6. The van der Waals surface area contributed by atoms with Crippen molar-refractivity contribution < 1.29 is 4.74 Å². The molecule has 4 N–H and O–H groups in total. The van der Waals surface area contributed by atoms with Crippen molar-refractivity contribution in [3.8, 4) is 17.1 Å². The van der Waals surface area contributed by atoms with Gasteiger partial charge in [-0.15, -0.1) is 5.10 Å². The number of aromatic nitrogens is 4. The highest BCUT2D eigenvalue weighted by atomic mass is 16.5. The van der Waals surface area contributed by atoms with E-state index in [1.54, 1.807) is 13.3 Å². The van der Waals surface area contributed by atoms with Gasteiger partial charge in [0.05, 0.1) is 7.11 Å². The molecule has 0 spiro atoms. The third kappa shape index (κ3) is 3.14. The summed E-state index contributed by atoms with van der Waals surface area (Å²) in [4.78, 5) is 8.39. The van der Waals surface area contributed by atoms with Crippen LogP contribution in [0.25, 0.3) is 11.4 Å². The molecule has 0 aliphatic heterocycles. The van der Waals surface area contributed by atoms with Gasteiger partial charge in [-0.3, -0.25) is 5.10 Å². The summed E-state index contributed by atoms with van der Waals surface area (Å²) in [6.07, 6.45) is 1.71. The Labute approximate surface area is 127 Å². The Morgan fingerprint density at radius 2 is 2.05 bits per heavy atom. The predicted octanol–water partition coefficient (Wildman–Crippen LogP) is 2.07. The molecular formula is C15H16N6O. The average molecular weight is 296 g/mol. The first-order valence-electron chi connectivity index (χ1n) is 6.76.